The normalized spacial score (nSPS) is 10.3. The van der Waals surface area contributed by atoms with Crippen molar-refractivity contribution in [1.29, 1.82) is 0 Å². The second-order valence-corrected chi connectivity index (χ2v) is 4.11. The fourth-order valence-electron chi connectivity index (χ4n) is 1.65. The highest BCUT2D eigenvalue weighted by Crippen LogP contribution is 2.07. The maximum absolute atomic E-state index is 13.3. The molecule has 0 aliphatic rings. The Labute approximate surface area is 115 Å². The molecule has 0 bridgehead atoms. The number of hydrogen-bond acceptors (Lipinski definition) is 3. The van der Waals surface area contributed by atoms with Gasteiger partial charge in [0, 0.05) is 18.3 Å². The first-order chi connectivity index (χ1) is 9.69. The number of carbonyl (C=O) groups excluding carboxylic acids is 1. The Balaban J connectivity index is 1.84. The second kappa shape index (κ2) is 6.67. The van der Waals surface area contributed by atoms with E-state index < -0.39 is 6.03 Å². The molecule has 20 heavy (non-hydrogen) atoms. The van der Waals surface area contributed by atoms with Crippen LogP contribution in [0.3, 0.4) is 0 Å². The van der Waals surface area contributed by atoms with Gasteiger partial charge in [-0.15, -0.1) is 0 Å². The van der Waals surface area contributed by atoms with Gasteiger partial charge in [0.25, 0.3) is 0 Å². The molecule has 2 rings (SSSR count). The summed E-state index contributed by atoms with van der Waals surface area (Å²) < 4.78 is 14.9. The molecule has 0 saturated carbocycles. The van der Waals surface area contributed by atoms with Crippen LogP contribution in [0.25, 0.3) is 0 Å². The number of nitrogens with one attached hydrogen (secondary N) is 2. The van der Waals surface area contributed by atoms with E-state index in [4.69, 9.17) is 5.11 Å². The van der Waals surface area contributed by atoms with Gasteiger partial charge in [-0.1, -0.05) is 18.2 Å². The summed E-state index contributed by atoms with van der Waals surface area (Å²) in [5.41, 5.74) is 0.920. The van der Waals surface area contributed by atoms with E-state index in [1.54, 1.807) is 24.4 Å². The van der Waals surface area contributed by atoms with E-state index in [-0.39, 0.29) is 19.0 Å². The van der Waals surface area contributed by atoms with Crippen molar-refractivity contribution in [1.82, 2.24) is 15.1 Å². The zero-order valence-corrected chi connectivity index (χ0v) is 10.7. The van der Waals surface area contributed by atoms with Crippen molar-refractivity contribution < 1.29 is 14.3 Å². The lowest BCUT2D eigenvalue weighted by Crippen LogP contribution is -2.28. The number of amides is 2. The first kappa shape index (κ1) is 14.0. The molecular weight excluding hydrogens is 263 g/mol. The van der Waals surface area contributed by atoms with E-state index in [0.717, 1.165) is 0 Å². The van der Waals surface area contributed by atoms with Crippen LogP contribution in [0, 0.1) is 5.82 Å². The third-order valence-electron chi connectivity index (χ3n) is 2.62. The SMILES string of the molecule is O=C(NCc1ccccc1F)Nc1cnn(CCO)c1. The van der Waals surface area contributed by atoms with E-state index in [1.165, 1.54) is 16.9 Å². The van der Waals surface area contributed by atoms with E-state index in [0.29, 0.717) is 17.8 Å². The lowest BCUT2D eigenvalue weighted by Gasteiger charge is -2.06. The predicted octanol–water partition coefficient (Wildman–Crippen LogP) is 1.34. The molecule has 2 aromatic rings. The molecule has 6 nitrogen and oxygen atoms in total. The fourth-order valence-corrected chi connectivity index (χ4v) is 1.65. The number of anilines is 1. The van der Waals surface area contributed by atoms with Crippen molar-refractivity contribution in [2.75, 3.05) is 11.9 Å². The van der Waals surface area contributed by atoms with Crippen molar-refractivity contribution in [3.8, 4) is 0 Å². The minimum absolute atomic E-state index is 0.0272. The summed E-state index contributed by atoms with van der Waals surface area (Å²) in [5, 5.41) is 17.8. The van der Waals surface area contributed by atoms with Gasteiger partial charge in [-0.05, 0) is 6.07 Å². The van der Waals surface area contributed by atoms with Crippen molar-refractivity contribution >= 4 is 11.7 Å². The molecule has 2 amide bonds. The van der Waals surface area contributed by atoms with Gasteiger partial charge < -0.3 is 15.7 Å². The Bertz CT molecular complexity index is 585. The summed E-state index contributed by atoms with van der Waals surface area (Å²) in [5.74, 6) is -0.358. The Hall–Kier alpha value is -2.41. The number of aromatic nitrogens is 2. The van der Waals surface area contributed by atoms with Crippen molar-refractivity contribution in [2.45, 2.75) is 13.1 Å². The van der Waals surface area contributed by atoms with E-state index in [1.807, 2.05) is 0 Å². The number of aliphatic hydroxyl groups excluding tert-OH is 1. The van der Waals surface area contributed by atoms with Crippen LogP contribution >= 0.6 is 0 Å². The molecule has 1 heterocycles. The van der Waals surface area contributed by atoms with Crippen LogP contribution < -0.4 is 10.6 Å². The van der Waals surface area contributed by atoms with Crippen LogP contribution in [0.1, 0.15) is 5.56 Å². The molecule has 1 aromatic heterocycles. The standard InChI is InChI=1S/C13H15FN4O2/c14-12-4-2-1-3-10(12)7-15-13(20)17-11-8-16-18(9-11)5-6-19/h1-4,8-9,19H,5-7H2,(H2,15,17,20). The zero-order valence-electron chi connectivity index (χ0n) is 10.7. The monoisotopic (exact) mass is 278 g/mol. The predicted molar refractivity (Wildman–Crippen MR) is 71.6 cm³/mol. The minimum atomic E-state index is -0.447. The van der Waals surface area contributed by atoms with Crippen molar-refractivity contribution in [3.05, 3.63) is 48.0 Å². The highest BCUT2D eigenvalue weighted by Gasteiger charge is 2.06. The summed E-state index contributed by atoms with van der Waals surface area (Å²) >= 11 is 0. The summed E-state index contributed by atoms with van der Waals surface area (Å²) in [6.07, 6.45) is 3.07. The molecule has 0 radical (unpaired) electrons. The summed E-state index contributed by atoms with van der Waals surface area (Å²) in [4.78, 5) is 11.6. The third kappa shape index (κ3) is 3.79. The summed E-state index contributed by atoms with van der Waals surface area (Å²) in [7, 11) is 0. The van der Waals surface area contributed by atoms with Gasteiger partial charge >= 0.3 is 6.03 Å². The van der Waals surface area contributed by atoms with Gasteiger partial charge in [-0.25, -0.2) is 9.18 Å². The number of carbonyl (C=O) groups is 1. The zero-order chi connectivity index (χ0) is 14.4. The molecule has 0 saturated heterocycles. The Morgan fingerprint density at radius 3 is 2.95 bits per heavy atom. The van der Waals surface area contributed by atoms with Gasteiger partial charge in [-0.2, -0.15) is 5.10 Å². The van der Waals surface area contributed by atoms with Gasteiger partial charge in [0.2, 0.25) is 0 Å². The number of hydrogen-bond donors (Lipinski definition) is 3. The van der Waals surface area contributed by atoms with E-state index in [2.05, 4.69) is 15.7 Å². The van der Waals surface area contributed by atoms with Crippen LogP contribution in [0.5, 0.6) is 0 Å². The second-order valence-electron chi connectivity index (χ2n) is 4.11. The van der Waals surface area contributed by atoms with Crippen LogP contribution in [-0.2, 0) is 13.1 Å². The molecule has 0 atom stereocenters. The van der Waals surface area contributed by atoms with E-state index >= 15 is 0 Å². The molecule has 106 valence electrons. The number of rotatable bonds is 5. The van der Waals surface area contributed by atoms with E-state index in [9.17, 15) is 9.18 Å². The van der Waals surface area contributed by atoms with Crippen molar-refractivity contribution in [2.24, 2.45) is 0 Å². The maximum Gasteiger partial charge on any atom is 0.319 e. The van der Waals surface area contributed by atoms with Gasteiger partial charge in [-0.3, -0.25) is 4.68 Å². The third-order valence-corrected chi connectivity index (χ3v) is 2.62. The lowest BCUT2D eigenvalue weighted by molar-refractivity contribution is 0.251. The number of halogens is 1. The Kier molecular flexibility index (Phi) is 4.67. The molecule has 0 spiro atoms. The molecule has 0 fully saturated rings. The number of urea groups is 1. The Morgan fingerprint density at radius 2 is 2.20 bits per heavy atom. The quantitative estimate of drug-likeness (QED) is 0.772. The molecule has 0 aliphatic carbocycles. The first-order valence-corrected chi connectivity index (χ1v) is 6.10. The average molecular weight is 278 g/mol. The van der Waals surface area contributed by atoms with Gasteiger partial charge in [0.15, 0.2) is 0 Å². The molecule has 7 heteroatoms. The molecular formula is C13H15FN4O2. The summed E-state index contributed by atoms with van der Waals surface area (Å²) in [6.45, 7) is 0.433. The number of nitrogens with zero attached hydrogens (tertiary/aromatic N) is 2. The number of benzene rings is 1. The highest BCUT2D eigenvalue weighted by molar-refractivity contribution is 5.88. The first-order valence-electron chi connectivity index (χ1n) is 6.10. The average Bonchev–Trinajstić information content (AvgIpc) is 2.85. The largest absolute Gasteiger partial charge is 0.394 e. The lowest BCUT2D eigenvalue weighted by atomic mass is 10.2. The topological polar surface area (TPSA) is 79.2 Å². The van der Waals surface area contributed by atoms with Gasteiger partial charge in [0.1, 0.15) is 5.82 Å². The fraction of sp³-hybridized carbons (Fsp3) is 0.231. The van der Waals surface area contributed by atoms with Gasteiger partial charge in [0.05, 0.1) is 25.0 Å². The minimum Gasteiger partial charge on any atom is -0.394 e. The van der Waals surface area contributed by atoms with Crippen LogP contribution in [0.4, 0.5) is 14.9 Å². The number of aliphatic hydroxyl groups is 1. The highest BCUT2D eigenvalue weighted by atomic mass is 19.1. The molecule has 3 N–H and O–H groups in total. The molecule has 0 aliphatic heterocycles. The van der Waals surface area contributed by atoms with Crippen LogP contribution in [0.2, 0.25) is 0 Å². The molecule has 0 unspecified atom stereocenters. The summed E-state index contributed by atoms with van der Waals surface area (Å²) in [6, 6.07) is 5.80. The smallest absolute Gasteiger partial charge is 0.319 e. The van der Waals surface area contributed by atoms with Crippen molar-refractivity contribution in [3.63, 3.8) is 0 Å². The van der Waals surface area contributed by atoms with Crippen LogP contribution in [0.15, 0.2) is 36.7 Å². The molecule has 1 aromatic carbocycles. The maximum atomic E-state index is 13.3. The van der Waals surface area contributed by atoms with Crippen LogP contribution in [-0.4, -0.2) is 27.5 Å². The Morgan fingerprint density at radius 1 is 1.40 bits per heavy atom.